The summed E-state index contributed by atoms with van der Waals surface area (Å²) in [5.41, 5.74) is 6.50. The Kier molecular flexibility index (Phi) is 2.75. The van der Waals surface area contributed by atoms with Gasteiger partial charge in [-0.15, -0.1) is 0 Å². The van der Waals surface area contributed by atoms with E-state index in [1.165, 1.54) is 0 Å². The summed E-state index contributed by atoms with van der Waals surface area (Å²) in [4.78, 5) is 12.6. The second-order valence-corrected chi connectivity index (χ2v) is 4.18. The maximum atomic E-state index is 5.74. The van der Waals surface area contributed by atoms with Crippen molar-refractivity contribution in [3.05, 3.63) is 30.7 Å². The largest absolute Gasteiger partial charge is 0.382 e. The highest BCUT2D eigenvalue weighted by Gasteiger charge is 2.06. The number of nitrogens with one attached hydrogen (secondary N) is 1. The summed E-state index contributed by atoms with van der Waals surface area (Å²) >= 11 is 0. The molecule has 0 radical (unpaired) electrons. The van der Waals surface area contributed by atoms with Crippen LogP contribution in [0.1, 0.15) is 5.82 Å². The van der Waals surface area contributed by atoms with Crippen molar-refractivity contribution >= 4 is 17.3 Å². The molecule has 8 nitrogen and oxygen atoms in total. The van der Waals surface area contributed by atoms with Crippen LogP contribution >= 0.6 is 0 Å². The van der Waals surface area contributed by atoms with E-state index in [9.17, 15) is 0 Å². The lowest BCUT2D eigenvalue weighted by atomic mass is 10.4. The Hall–Kier alpha value is -2.64. The molecular weight excluding hydrogens is 244 g/mol. The third-order valence-corrected chi connectivity index (χ3v) is 2.68. The number of nitrogens with zero attached hydrogens (tertiary/aromatic N) is 6. The molecule has 0 aliphatic heterocycles. The highest BCUT2D eigenvalue weighted by molar-refractivity contribution is 5.64. The van der Waals surface area contributed by atoms with Gasteiger partial charge in [0.05, 0.1) is 6.20 Å². The molecule has 0 atom stereocenters. The van der Waals surface area contributed by atoms with E-state index in [0.29, 0.717) is 24.6 Å². The second-order valence-electron chi connectivity index (χ2n) is 4.18. The van der Waals surface area contributed by atoms with E-state index in [1.807, 2.05) is 17.6 Å². The van der Waals surface area contributed by atoms with Gasteiger partial charge in [-0.05, 0) is 0 Å². The zero-order valence-electron chi connectivity index (χ0n) is 10.5. The van der Waals surface area contributed by atoms with Gasteiger partial charge >= 0.3 is 0 Å². The number of aromatic nitrogens is 6. The highest BCUT2D eigenvalue weighted by Crippen LogP contribution is 2.14. The molecule has 0 spiro atoms. The van der Waals surface area contributed by atoms with E-state index in [2.05, 4.69) is 25.4 Å². The fourth-order valence-corrected chi connectivity index (χ4v) is 1.86. The molecule has 3 aromatic heterocycles. The molecule has 98 valence electrons. The number of nitrogens with two attached hydrogens (primary N) is 1. The van der Waals surface area contributed by atoms with Crippen molar-refractivity contribution in [2.45, 2.75) is 6.42 Å². The fourth-order valence-electron chi connectivity index (χ4n) is 1.86. The molecule has 0 unspecified atom stereocenters. The van der Waals surface area contributed by atoms with Gasteiger partial charge in [0.2, 0.25) is 0 Å². The van der Waals surface area contributed by atoms with Crippen LogP contribution < -0.4 is 11.1 Å². The lowest BCUT2D eigenvalue weighted by molar-refractivity contribution is 0.742. The van der Waals surface area contributed by atoms with E-state index in [0.717, 1.165) is 11.5 Å². The predicted molar refractivity (Wildman–Crippen MR) is 70.6 cm³/mol. The molecule has 3 heterocycles. The van der Waals surface area contributed by atoms with Crippen LogP contribution in [-0.4, -0.2) is 35.7 Å². The Balaban J connectivity index is 1.73. The molecule has 0 saturated heterocycles. The van der Waals surface area contributed by atoms with Gasteiger partial charge in [0.1, 0.15) is 12.1 Å². The van der Waals surface area contributed by atoms with Crippen molar-refractivity contribution in [1.82, 2.24) is 29.1 Å². The first-order valence-corrected chi connectivity index (χ1v) is 5.90. The topological polar surface area (TPSA) is 99.0 Å². The van der Waals surface area contributed by atoms with E-state index >= 15 is 0 Å². The van der Waals surface area contributed by atoms with Gasteiger partial charge < -0.3 is 15.5 Å². The Labute approximate surface area is 109 Å². The lowest BCUT2D eigenvalue weighted by Crippen LogP contribution is -2.10. The first-order chi connectivity index (χ1) is 9.22. The Morgan fingerprint density at radius 1 is 1.37 bits per heavy atom. The van der Waals surface area contributed by atoms with Crippen molar-refractivity contribution in [2.24, 2.45) is 7.05 Å². The zero-order chi connectivity index (χ0) is 13.2. The molecule has 0 bridgehead atoms. The number of anilines is 2. The van der Waals surface area contributed by atoms with Gasteiger partial charge in [0, 0.05) is 32.4 Å². The second kappa shape index (κ2) is 4.56. The van der Waals surface area contributed by atoms with Crippen molar-refractivity contribution < 1.29 is 0 Å². The number of hydrogen-bond acceptors (Lipinski definition) is 6. The third-order valence-electron chi connectivity index (χ3n) is 2.68. The maximum absolute atomic E-state index is 5.74. The van der Waals surface area contributed by atoms with E-state index in [-0.39, 0.29) is 0 Å². The first-order valence-electron chi connectivity index (χ1n) is 5.90. The van der Waals surface area contributed by atoms with Gasteiger partial charge in [-0.25, -0.2) is 15.0 Å². The molecule has 0 fully saturated rings. The van der Waals surface area contributed by atoms with Crippen LogP contribution in [-0.2, 0) is 13.5 Å². The number of nitrogen functional groups attached to an aromatic ring is 1. The number of fused-ring (bicyclic) bond motifs is 1. The summed E-state index contributed by atoms with van der Waals surface area (Å²) in [6, 6.07) is 0. The van der Waals surface area contributed by atoms with Crippen molar-refractivity contribution in [1.29, 1.82) is 0 Å². The SMILES string of the molecule is Cn1cnc(CCNc2nc(N)cn3ccnc23)n1. The quantitative estimate of drug-likeness (QED) is 0.688. The van der Waals surface area contributed by atoms with Crippen LogP contribution in [0.3, 0.4) is 0 Å². The van der Waals surface area contributed by atoms with Gasteiger partial charge in [-0.2, -0.15) is 5.10 Å². The van der Waals surface area contributed by atoms with Crippen LogP contribution in [0.5, 0.6) is 0 Å². The third kappa shape index (κ3) is 2.32. The molecule has 0 amide bonds. The maximum Gasteiger partial charge on any atom is 0.180 e. The molecule has 0 aliphatic rings. The number of rotatable bonds is 4. The molecule has 3 N–H and O–H groups in total. The molecule has 3 rings (SSSR count). The number of aryl methyl sites for hydroxylation is 1. The standard InChI is InChI=1S/C11H14N8/c1-18-7-15-9(17-18)2-3-13-10-11-14-4-5-19(11)6-8(12)16-10/h4-7H,2-3,12H2,1H3,(H,13,16). The van der Waals surface area contributed by atoms with E-state index in [1.54, 1.807) is 23.4 Å². The Morgan fingerprint density at radius 3 is 3.05 bits per heavy atom. The summed E-state index contributed by atoms with van der Waals surface area (Å²) in [5.74, 6) is 1.91. The summed E-state index contributed by atoms with van der Waals surface area (Å²) in [6.45, 7) is 0.670. The molecule has 19 heavy (non-hydrogen) atoms. The smallest absolute Gasteiger partial charge is 0.180 e. The van der Waals surface area contributed by atoms with Crippen LogP contribution in [0.2, 0.25) is 0 Å². The van der Waals surface area contributed by atoms with Crippen molar-refractivity contribution in [2.75, 3.05) is 17.6 Å². The first kappa shape index (κ1) is 11.5. The average molecular weight is 258 g/mol. The van der Waals surface area contributed by atoms with Gasteiger partial charge in [-0.1, -0.05) is 0 Å². The molecule has 0 aliphatic carbocycles. The minimum absolute atomic E-state index is 0.448. The van der Waals surface area contributed by atoms with Crippen LogP contribution in [0.25, 0.3) is 5.65 Å². The number of hydrogen-bond donors (Lipinski definition) is 2. The highest BCUT2D eigenvalue weighted by atomic mass is 15.3. The summed E-state index contributed by atoms with van der Waals surface area (Å²) in [5, 5.41) is 7.42. The van der Waals surface area contributed by atoms with Crippen LogP contribution in [0.4, 0.5) is 11.6 Å². The molecule has 0 saturated carbocycles. The van der Waals surface area contributed by atoms with Crippen molar-refractivity contribution in [3.63, 3.8) is 0 Å². The molecule has 0 aromatic carbocycles. The zero-order valence-corrected chi connectivity index (χ0v) is 10.5. The fraction of sp³-hybridized carbons (Fsp3) is 0.273. The van der Waals surface area contributed by atoms with E-state index in [4.69, 9.17) is 5.73 Å². The van der Waals surface area contributed by atoms with Gasteiger partial charge in [0.15, 0.2) is 17.3 Å². The van der Waals surface area contributed by atoms with Crippen molar-refractivity contribution in [3.8, 4) is 0 Å². The Morgan fingerprint density at radius 2 is 2.26 bits per heavy atom. The molecule has 3 aromatic rings. The van der Waals surface area contributed by atoms with Gasteiger partial charge in [0.25, 0.3) is 0 Å². The summed E-state index contributed by atoms with van der Waals surface area (Å²) in [7, 11) is 1.84. The molecular formula is C11H14N8. The van der Waals surface area contributed by atoms with Crippen LogP contribution in [0.15, 0.2) is 24.9 Å². The monoisotopic (exact) mass is 258 g/mol. The summed E-state index contributed by atoms with van der Waals surface area (Å²) < 4.78 is 3.52. The normalized spacial score (nSPS) is 11.0. The average Bonchev–Trinajstić information content (AvgIpc) is 2.98. The van der Waals surface area contributed by atoms with Gasteiger partial charge in [-0.3, -0.25) is 4.68 Å². The Bertz CT molecular complexity index is 698. The predicted octanol–water partition coefficient (Wildman–Crippen LogP) is 0.0946. The minimum Gasteiger partial charge on any atom is -0.382 e. The van der Waals surface area contributed by atoms with Crippen LogP contribution in [0, 0.1) is 0 Å². The lowest BCUT2D eigenvalue weighted by Gasteiger charge is -2.06. The van der Waals surface area contributed by atoms with E-state index < -0.39 is 0 Å². The number of imidazole rings is 1. The summed E-state index contributed by atoms with van der Waals surface area (Å²) in [6.07, 6.45) is 7.67. The minimum atomic E-state index is 0.448. The molecule has 8 heteroatoms.